The van der Waals surface area contributed by atoms with Crippen molar-refractivity contribution in [2.45, 2.75) is 13.8 Å². The second-order valence-corrected chi connectivity index (χ2v) is 4.59. The molecule has 1 aromatic heterocycles. The predicted molar refractivity (Wildman–Crippen MR) is 66.7 cm³/mol. The predicted octanol–water partition coefficient (Wildman–Crippen LogP) is 4.14. The number of hydrogen-bond acceptors (Lipinski definition) is 2. The molecule has 82 valence electrons. The van der Waals surface area contributed by atoms with Gasteiger partial charge >= 0.3 is 0 Å². The number of aldehydes is 1. The standard InChI is InChI=1S/C13H11BrO2/c1-8-5-11(9(2)12(14)6-8)13-4-3-10(7-15)16-13/h3-7H,1-2H3. The summed E-state index contributed by atoms with van der Waals surface area (Å²) in [5.74, 6) is 1.08. The molecule has 0 spiro atoms. The van der Waals surface area contributed by atoms with E-state index in [0.29, 0.717) is 12.0 Å². The van der Waals surface area contributed by atoms with Crippen LogP contribution in [0.25, 0.3) is 11.3 Å². The summed E-state index contributed by atoms with van der Waals surface area (Å²) < 4.78 is 6.47. The second kappa shape index (κ2) is 4.26. The van der Waals surface area contributed by atoms with E-state index >= 15 is 0 Å². The van der Waals surface area contributed by atoms with Gasteiger partial charge in [0.25, 0.3) is 0 Å². The van der Waals surface area contributed by atoms with Crippen LogP contribution in [0.15, 0.2) is 33.2 Å². The molecule has 1 heterocycles. The lowest BCUT2D eigenvalue weighted by Crippen LogP contribution is -1.85. The molecule has 0 amide bonds. The normalized spacial score (nSPS) is 10.4. The van der Waals surface area contributed by atoms with Gasteiger partial charge < -0.3 is 4.42 Å². The largest absolute Gasteiger partial charge is 0.453 e. The van der Waals surface area contributed by atoms with Crippen molar-refractivity contribution in [1.29, 1.82) is 0 Å². The zero-order valence-corrected chi connectivity index (χ0v) is 10.7. The Morgan fingerprint density at radius 2 is 2.00 bits per heavy atom. The molecule has 0 aliphatic carbocycles. The molecule has 2 rings (SSSR count). The SMILES string of the molecule is Cc1cc(Br)c(C)c(-c2ccc(C=O)o2)c1. The smallest absolute Gasteiger partial charge is 0.185 e. The highest BCUT2D eigenvalue weighted by atomic mass is 79.9. The Morgan fingerprint density at radius 1 is 1.25 bits per heavy atom. The highest BCUT2D eigenvalue weighted by molar-refractivity contribution is 9.10. The van der Waals surface area contributed by atoms with Crippen molar-refractivity contribution in [1.82, 2.24) is 0 Å². The third-order valence-corrected chi connectivity index (χ3v) is 3.32. The highest BCUT2D eigenvalue weighted by Gasteiger charge is 2.10. The van der Waals surface area contributed by atoms with Gasteiger partial charge in [-0.05, 0) is 49.2 Å². The average molecular weight is 279 g/mol. The molecule has 0 saturated carbocycles. The van der Waals surface area contributed by atoms with Gasteiger partial charge in [-0.25, -0.2) is 0 Å². The third kappa shape index (κ3) is 1.95. The maximum Gasteiger partial charge on any atom is 0.185 e. The van der Waals surface area contributed by atoms with Crippen LogP contribution in [0.3, 0.4) is 0 Å². The second-order valence-electron chi connectivity index (χ2n) is 3.74. The first-order valence-electron chi connectivity index (χ1n) is 4.94. The van der Waals surface area contributed by atoms with E-state index in [9.17, 15) is 4.79 Å². The van der Waals surface area contributed by atoms with Crippen molar-refractivity contribution >= 4 is 22.2 Å². The maximum atomic E-state index is 10.6. The fourth-order valence-electron chi connectivity index (χ4n) is 1.63. The van der Waals surface area contributed by atoms with Gasteiger partial charge in [-0.3, -0.25) is 4.79 Å². The molecule has 1 aromatic carbocycles. The molecule has 2 aromatic rings. The fourth-order valence-corrected chi connectivity index (χ4v) is 2.21. The topological polar surface area (TPSA) is 30.2 Å². The van der Waals surface area contributed by atoms with Crippen LogP contribution in [0.4, 0.5) is 0 Å². The Morgan fingerprint density at radius 3 is 2.62 bits per heavy atom. The molecule has 0 N–H and O–H groups in total. The van der Waals surface area contributed by atoms with Gasteiger partial charge in [-0.15, -0.1) is 0 Å². The Balaban J connectivity index is 2.58. The molecule has 16 heavy (non-hydrogen) atoms. The zero-order chi connectivity index (χ0) is 11.7. The summed E-state index contributed by atoms with van der Waals surface area (Å²) in [5, 5.41) is 0. The lowest BCUT2D eigenvalue weighted by atomic mass is 10.0. The molecular formula is C13H11BrO2. The number of halogens is 1. The van der Waals surface area contributed by atoms with Crippen LogP contribution >= 0.6 is 15.9 Å². The summed E-state index contributed by atoms with van der Waals surface area (Å²) in [6, 6.07) is 7.60. The maximum absolute atomic E-state index is 10.6. The number of hydrogen-bond donors (Lipinski definition) is 0. The van der Waals surface area contributed by atoms with E-state index in [4.69, 9.17) is 4.42 Å². The van der Waals surface area contributed by atoms with Crippen molar-refractivity contribution < 1.29 is 9.21 Å². The molecule has 0 bridgehead atoms. The van der Waals surface area contributed by atoms with E-state index in [-0.39, 0.29) is 0 Å². The van der Waals surface area contributed by atoms with E-state index in [2.05, 4.69) is 22.0 Å². The van der Waals surface area contributed by atoms with Crippen LogP contribution in [0.2, 0.25) is 0 Å². The summed E-state index contributed by atoms with van der Waals surface area (Å²) in [6.45, 7) is 4.04. The zero-order valence-electron chi connectivity index (χ0n) is 9.08. The molecule has 3 heteroatoms. The first-order chi connectivity index (χ1) is 7.61. The van der Waals surface area contributed by atoms with Crippen LogP contribution in [0, 0.1) is 13.8 Å². The summed E-state index contributed by atoms with van der Waals surface area (Å²) >= 11 is 3.51. The molecular weight excluding hydrogens is 268 g/mol. The highest BCUT2D eigenvalue weighted by Crippen LogP contribution is 2.31. The first-order valence-corrected chi connectivity index (χ1v) is 5.73. The van der Waals surface area contributed by atoms with Crippen LogP contribution in [0.5, 0.6) is 0 Å². The molecule has 0 saturated heterocycles. The summed E-state index contributed by atoms with van der Waals surface area (Å²) in [4.78, 5) is 10.6. The van der Waals surface area contributed by atoms with E-state index in [1.165, 1.54) is 0 Å². The van der Waals surface area contributed by atoms with Crippen molar-refractivity contribution in [2.75, 3.05) is 0 Å². The minimum atomic E-state index is 0.354. The average Bonchev–Trinajstić information content (AvgIpc) is 2.71. The molecule has 0 aliphatic heterocycles. The minimum Gasteiger partial charge on any atom is -0.453 e. The van der Waals surface area contributed by atoms with Crippen LogP contribution in [-0.4, -0.2) is 6.29 Å². The van der Waals surface area contributed by atoms with Crippen LogP contribution in [-0.2, 0) is 0 Å². The van der Waals surface area contributed by atoms with Gasteiger partial charge in [-0.2, -0.15) is 0 Å². The number of rotatable bonds is 2. The van der Waals surface area contributed by atoms with Crippen molar-refractivity contribution in [3.05, 3.63) is 45.6 Å². The number of benzene rings is 1. The minimum absolute atomic E-state index is 0.354. The molecule has 0 radical (unpaired) electrons. The van der Waals surface area contributed by atoms with Crippen molar-refractivity contribution in [3.63, 3.8) is 0 Å². The van der Waals surface area contributed by atoms with E-state index in [1.807, 2.05) is 26.0 Å². The molecule has 2 nitrogen and oxygen atoms in total. The van der Waals surface area contributed by atoms with Gasteiger partial charge in [0, 0.05) is 10.0 Å². The van der Waals surface area contributed by atoms with Gasteiger partial charge in [-0.1, -0.05) is 15.9 Å². The molecule has 0 aliphatic rings. The van der Waals surface area contributed by atoms with Crippen LogP contribution in [0.1, 0.15) is 21.7 Å². The van der Waals surface area contributed by atoms with Crippen molar-refractivity contribution in [2.24, 2.45) is 0 Å². The Kier molecular flexibility index (Phi) is 2.97. The third-order valence-electron chi connectivity index (χ3n) is 2.50. The van der Waals surface area contributed by atoms with Gasteiger partial charge in [0.15, 0.2) is 12.0 Å². The number of carbonyl (C=O) groups excluding carboxylic acids is 1. The Hall–Kier alpha value is -1.35. The number of furan rings is 1. The summed E-state index contributed by atoms with van der Waals surface area (Å²) in [5.41, 5.74) is 3.27. The molecule has 0 atom stereocenters. The summed E-state index contributed by atoms with van der Waals surface area (Å²) in [7, 11) is 0. The fraction of sp³-hybridized carbons (Fsp3) is 0.154. The van der Waals surface area contributed by atoms with E-state index < -0.39 is 0 Å². The molecule has 0 unspecified atom stereocenters. The van der Waals surface area contributed by atoms with Gasteiger partial charge in [0.1, 0.15) is 5.76 Å². The number of carbonyl (C=O) groups is 1. The Bertz CT molecular complexity index is 541. The van der Waals surface area contributed by atoms with Crippen molar-refractivity contribution in [3.8, 4) is 11.3 Å². The Labute approximate surface area is 102 Å². The van der Waals surface area contributed by atoms with Gasteiger partial charge in [0.2, 0.25) is 0 Å². The van der Waals surface area contributed by atoms with E-state index in [0.717, 1.165) is 26.9 Å². The quantitative estimate of drug-likeness (QED) is 0.773. The first kappa shape index (κ1) is 11.1. The summed E-state index contributed by atoms with van der Waals surface area (Å²) in [6.07, 6.45) is 0.712. The lowest BCUT2D eigenvalue weighted by Gasteiger charge is -2.06. The molecule has 0 fully saturated rings. The lowest BCUT2D eigenvalue weighted by molar-refractivity contribution is 0.110. The van der Waals surface area contributed by atoms with Gasteiger partial charge in [0.05, 0.1) is 0 Å². The van der Waals surface area contributed by atoms with E-state index in [1.54, 1.807) is 6.07 Å². The van der Waals surface area contributed by atoms with Crippen LogP contribution < -0.4 is 0 Å². The monoisotopic (exact) mass is 278 g/mol. The number of aryl methyl sites for hydroxylation is 1.